The Morgan fingerprint density at radius 3 is 2.68 bits per heavy atom. The first-order chi connectivity index (χ1) is 9.19. The smallest absolute Gasteiger partial charge is 0.252 e. The van der Waals surface area contributed by atoms with Crippen molar-refractivity contribution in [3.63, 3.8) is 0 Å². The lowest BCUT2D eigenvalue weighted by molar-refractivity contribution is 0.253. The topological polar surface area (TPSA) is 78.2 Å². The summed E-state index contributed by atoms with van der Waals surface area (Å²) in [7, 11) is 0. The van der Waals surface area contributed by atoms with Gasteiger partial charge >= 0.3 is 0 Å². The quantitative estimate of drug-likeness (QED) is 0.729. The number of hydrogen-bond donors (Lipinski definition) is 2. The molecule has 1 saturated heterocycles. The highest BCUT2D eigenvalue weighted by atomic mass is 16.1. The summed E-state index contributed by atoms with van der Waals surface area (Å²) >= 11 is 0. The summed E-state index contributed by atoms with van der Waals surface area (Å²) in [5.41, 5.74) is 5.43. The van der Waals surface area contributed by atoms with Crippen LogP contribution in [-0.4, -0.2) is 54.1 Å². The van der Waals surface area contributed by atoms with Gasteiger partial charge in [-0.05, 0) is 32.9 Å². The van der Waals surface area contributed by atoms with Crippen molar-refractivity contribution >= 4 is 5.82 Å². The standard InChI is InChI=1S/C13H23N5O/c1-11-15-12(10-13(19)16-11)18-8-6-17(7-9-18)5-3-2-4-14/h10H,2-9,14H2,1H3,(H,15,16,19). The number of aromatic amines is 1. The molecule has 2 rings (SSSR count). The number of piperazine rings is 1. The van der Waals surface area contributed by atoms with Gasteiger partial charge in [-0.2, -0.15) is 0 Å². The minimum absolute atomic E-state index is 0.0760. The molecule has 0 bridgehead atoms. The van der Waals surface area contributed by atoms with Crippen LogP contribution in [0.3, 0.4) is 0 Å². The van der Waals surface area contributed by atoms with E-state index in [-0.39, 0.29) is 5.56 Å². The molecule has 0 aromatic carbocycles. The van der Waals surface area contributed by atoms with E-state index in [1.807, 2.05) is 6.92 Å². The van der Waals surface area contributed by atoms with Gasteiger partial charge in [0.2, 0.25) is 0 Å². The Labute approximate surface area is 113 Å². The molecule has 0 saturated carbocycles. The van der Waals surface area contributed by atoms with Gasteiger partial charge in [-0.15, -0.1) is 0 Å². The number of unbranched alkanes of at least 4 members (excludes halogenated alkanes) is 1. The molecule has 6 heteroatoms. The van der Waals surface area contributed by atoms with Gasteiger partial charge < -0.3 is 15.6 Å². The maximum atomic E-state index is 11.4. The Balaban J connectivity index is 1.87. The van der Waals surface area contributed by atoms with Crippen LogP contribution in [0.25, 0.3) is 0 Å². The maximum absolute atomic E-state index is 11.4. The fourth-order valence-corrected chi connectivity index (χ4v) is 2.41. The highest BCUT2D eigenvalue weighted by Crippen LogP contribution is 2.11. The molecule has 1 aliphatic rings. The molecule has 2 heterocycles. The van der Waals surface area contributed by atoms with Crippen LogP contribution in [0, 0.1) is 6.92 Å². The molecule has 1 aliphatic heterocycles. The average molecular weight is 265 g/mol. The number of anilines is 1. The summed E-state index contributed by atoms with van der Waals surface area (Å²) in [5, 5.41) is 0. The summed E-state index contributed by atoms with van der Waals surface area (Å²) in [6.07, 6.45) is 2.26. The van der Waals surface area contributed by atoms with Crippen molar-refractivity contribution in [2.45, 2.75) is 19.8 Å². The lowest BCUT2D eigenvalue weighted by atomic mass is 10.2. The zero-order valence-corrected chi connectivity index (χ0v) is 11.6. The second-order valence-electron chi connectivity index (χ2n) is 5.01. The van der Waals surface area contributed by atoms with Crippen molar-refractivity contribution in [1.29, 1.82) is 0 Å². The number of nitrogens with zero attached hydrogens (tertiary/aromatic N) is 3. The molecular weight excluding hydrogens is 242 g/mol. The number of rotatable bonds is 5. The molecular formula is C13H23N5O. The van der Waals surface area contributed by atoms with Crippen LogP contribution in [-0.2, 0) is 0 Å². The first-order valence-electron chi connectivity index (χ1n) is 6.94. The first kappa shape index (κ1) is 14.0. The third-order valence-corrected chi connectivity index (χ3v) is 3.47. The molecule has 1 fully saturated rings. The van der Waals surface area contributed by atoms with Crippen LogP contribution in [0.5, 0.6) is 0 Å². The minimum Gasteiger partial charge on any atom is -0.354 e. The monoisotopic (exact) mass is 265 g/mol. The molecule has 3 N–H and O–H groups in total. The Kier molecular flexibility index (Phi) is 4.93. The summed E-state index contributed by atoms with van der Waals surface area (Å²) in [6.45, 7) is 7.62. The van der Waals surface area contributed by atoms with E-state index >= 15 is 0 Å². The minimum atomic E-state index is -0.0760. The van der Waals surface area contributed by atoms with Crippen LogP contribution in [0.15, 0.2) is 10.9 Å². The predicted molar refractivity (Wildman–Crippen MR) is 76.5 cm³/mol. The van der Waals surface area contributed by atoms with Crippen molar-refractivity contribution in [3.05, 3.63) is 22.2 Å². The first-order valence-corrected chi connectivity index (χ1v) is 6.94. The van der Waals surface area contributed by atoms with Crippen molar-refractivity contribution in [2.24, 2.45) is 5.73 Å². The number of aromatic nitrogens is 2. The molecule has 19 heavy (non-hydrogen) atoms. The fraction of sp³-hybridized carbons (Fsp3) is 0.692. The van der Waals surface area contributed by atoms with E-state index in [1.54, 1.807) is 6.07 Å². The number of H-pyrrole nitrogens is 1. The Morgan fingerprint density at radius 1 is 1.32 bits per heavy atom. The lowest BCUT2D eigenvalue weighted by Crippen LogP contribution is -2.47. The van der Waals surface area contributed by atoms with Crippen molar-refractivity contribution in [1.82, 2.24) is 14.9 Å². The van der Waals surface area contributed by atoms with Gasteiger partial charge in [0.15, 0.2) is 0 Å². The third kappa shape index (κ3) is 4.04. The number of nitrogens with two attached hydrogens (primary N) is 1. The van der Waals surface area contributed by atoms with E-state index in [0.717, 1.165) is 51.5 Å². The zero-order chi connectivity index (χ0) is 13.7. The molecule has 0 unspecified atom stereocenters. The molecule has 0 radical (unpaired) electrons. The average Bonchev–Trinajstić information content (AvgIpc) is 2.39. The van der Waals surface area contributed by atoms with Crippen LogP contribution in [0.1, 0.15) is 18.7 Å². The summed E-state index contributed by atoms with van der Waals surface area (Å²) in [4.78, 5) is 23.2. The molecule has 106 valence electrons. The van der Waals surface area contributed by atoms with E-state index in [1.165, 1.54) is 6.42 Å². The van der Waals surface area contributed by atoms with Crippen molar-refractivity contribution in [3.8, 4) is 0 Å². The van der Waals surface area contributed by atoms with E-state index in [9.17, 15) is 4.79 Å². The van der Waals surface area contributed by atoms with E-state index < -0.39 is 0 Å². The van der Waals surface area contributed by atoms with Gasteiger partial charge in [0.1, 0.15) is 11.6 Å². The van der Waals surface area contributed by atoms with Crippen molar-refractivity contribution < 1.29 is 0 Å². The van der Waals surface area contributed by atoms with Gasteiger partial charge in [-0.25, -0.2) is 4.98 Å². The van der Waals surface area contributed by atoms with Gasteiger partial charge in [-0.1, -0.05) is 0 Å². The summed E-state index contributed by atoms with van der Waals surface area (Å²) < 4.78 is 0. The van der Waals surface area contributed by atoms with Crippen LogP contribution in [0.4, 0.5) is 5.82 Å². The van der Waals surface area contributed by atoms with Gasteiger partial charge in [0.25, 0.3) is 5.56 Å². The van der Waals surface area contributed by atoms with Gasteiger partial charge in [-0.3, -0.25) is 9.69 Å². The molecule has 0 atom stereocenters. The van der Waals surface area contributed by atoms with E-state index in [2.05, 4.69) is 19.8 Å². The second kappa shape index (κ2) is 6.68. The molecule has 1 aromatic rings. The van der Waals surface area contributed by atoms with Crippen LogP contribution >= 0.6 is 0 Å². The Bertz CT molecular complexity index is 451. The predicted octanol–water partition coefficient (Wildman–Crippen LogP) is -0.0608. The normalized spacial score (nSPS) is 16.8. The molecule has 0 aliphatic carbocycles. The van der Waals surface area contributed by atoms with Gasteiger partial charge in [0, 0.05) is 32.2 Å². The molecule has 1 aromatic heterocycles. The third-order valence-electron chi connectivity index (χ3n) is 3.47. The number of hydrogen-bond acceptors (Lipinski definition) is 5. The highest BCUT2D eigenvalue weighted by molar-refractivity contribution is 5.37. The van der Waals surface area contributed by atoms with E-state index in [4.69, 9.17) is 5.73 Å². The summed E-state index contributed by atoms with van der Waals surface area (Å²) in [5.74, 6) is 1.47. The molecule has 0 spiro atoms. The lowest BCUT2D eigenvalue weighted by Gasteiger charge is -2.35. The molecule has 0 amide bonds. The summed E-state index contributed by atoms with van der Waals surface area (Å²) in [6, 6.07) is 1.58. The number of nitrogens with one attached hydrogen (secondary N) is 1. The fourth-order valence-electron chi connectivity index (χ4n) is 2.41. The van der Waals surface area contributed by atoms with Crippen LogP contribution in [0.2, 0.25) is 0 Å². The largest absolute Gasteiger partial charge is 0.354 e. The highest BCUT2D eigenvalue weighted by Gasteiger charge is 2.18. The molecule has 6 nitrogen and oxygen atoms in total. The van der Waals surface area contributed by atoms with Crippen LogP contribution < -0.4 is 16.2 Å². The zero-order valence-electron chi connectivity index (χ0n) is 11.6. The Hall–Kier alpha value is -1.40. The maximum Gasteiger partial charge on any atom is 0.252 e. The Morgan fingerprint density at radius 2 is 2.05 bits per heavy atom. The van der Waals surface area contributed by atoms with Crippen molar-refractivity contribution in [2.75, 3.05) is 44.2 Å². The van der Waals surface area contributed by atoms with E-state index in [0.29, 0.717) is 5.82 Å². The SMILES string of the molecule is Cc1nc(N2CCN(CCCCN)CC2)cc(=O)[nH]1. The van der Waals surface area contributed by atoms with Gasteiger partial charge in [0.05, 0.1) is 0 Å². The number of aryl methyl sites for hydroxylation is 1. The second-order valence-corrected chi connectivity index (χ2v) is 5.01.